The average molecular weight is 417 g/mol. The molecule has 0 atom stereocenters. The van der Waals surface area contributed by atoms with E-state index in [0.29, 0.717) is 11.3 Å². The van der Waals surface area contributed by atoms with Crippen molar-refractivity contribution in [2.75, 3.05) is 5.32 Å². The molecule has 1 amide bonds. The van der Waals surface area contributed by atoms with Gasteiger partial charge < -0.3 is 9.88 Å². The molecule has 0 saturated heterocycles. The average Bonchev–Trinajstić information content (AvgIpc) is 3.29. The van der Waals surface area contributed by atoms with Crippen LogP contribution in [-0.4, -0.2) is 18.9 Å². The fourth-order valence-electron chi connectivity index (χ4n) is 3.16. The van der Waals surface area contributed by atoms with Gasteiger partial charge >= 0.3 is 0 Å². The van der Waals surface area contributed by atoms with Gasteiger partial charge in [-0.3, -0.25) is 4.79 Å². The van der Waals surface area contributed by atoms with Gasteiger partial charge in [-0.05, 0) is 54.1 Å². The standard InChI is InChI=1S/C24H20N2O3S/c27-24(25-21-11-7-12-22(17-21)26-14-4-5-15-26)20-10-6-13-23(16-20)30(28,29)18-19-8-2-1-3-9-19/h1-17H,18H2,(H,25,27). The highest BCUT2D eigenvalue weighted by Crippen LogP contribution is 2.20. The van der Waals surface area contributed by atoms with E-state index in [-0.39, 0.29) is 22.1 Å². The van der Waals surface area contributed by atoms with Crippen molar-refractivity contribution >= 4 is 21.4 Å². The van der Waals surface area contributed by atoms with Gasteiger partial charge in [0.2, 0.25) is 0 Å². The van der Waals surface area contributed by atoms with Gasteiger partial charge in [0, 0.05) is 29.3 Å². The van der Waals surface area contributed by atoms with E-state index in [9.17, 15) is 13.2 Å². The summed E-state index contributed by atoms with van der Waals surface area (Å²) < 4.78 is 27.5. The summed E-state index contributed by atoms with van der Waals surface area (Å²) in [6, 6.07) is 26.4. The lowest BCUT2D eigenvalue weighted by atomic mass is 10.2. The summed E-state index contributed by atoms with van der Waals surface area (Å²) in [6.45, 7) is 0. The molecule has 0 saturated carbocycles. The van der Waals surface area contributed by atoms with Crippen LogP contribution in [0.25, 0.3) is 5.69 Å². The van der Waals surface area contributed by atoms with E-state index in [1.165, 1.54) is 12.1 Å². The number of anilines is 1. The van der Waals surface area contributed by atoms with Gasteiger partial charge in [-0.25, -0.2) is 8.42 Å². The quantitative estimate of drug-likeness (QED) is 0.495. The normalized spacial score (nSPS) is 11.2. The van der Waals surface area contributed by atoms with Crippen LogP contribution in [0.2, 0.25) is 0 Å². The van der Waals surface area contributed by atoms with Gasteiger partial charge in [0.15, 0.2) is 9.84 Å². The molecule has 0 aliphatic heterocycles. The van der Waals surface area contributed by atoms with Crippen LogP contribution in [0.3, 0.4) is 0 Å². The van der Waals surface area contributed by atoms with Crippen molar-refractivity contribution in [2.45, 2.75) is 10.6 Å². The molecule has 0 fully saturated rings. The Balaban J connectivity index is 1.54. The van der Waals surface area contributed by atoms with E-state index in [2.05, 4.69) is 5.32 Å². The molecule has 1 heterocycles. The molecule has 30 heavy (non-hydrogen) atoms. The van der Waals surface area contributed by atoms with Crippen molar-refractivity contribution < 1.29 is 13.2 Å². The second kappa shape index (κ2) is 8.39. The third-order valence-electron chi connectivity index (χ3n) is 4.66. The Morgan fingerprint density at radius 2 is 1.53 bits per heavy atom. The molecule has 0 aliphatic rings. The smallest absolute Gasteiger partial charge is 0.255 e. The highest BCUT2D eigenvalue weighted by molar-refractivity contribution is 7.90. The number of benzene rings is 3. The van der Waals surface area contributed by atoms with Crippen molar-refractivity contribution in [1.29, 1.82) is 0 Å². The largest absolute Gasteiger partial charge is 0.324 e. The van der Waals surface area contributed by atoms with E-state index < -0.39 is 9.84 Å². The number of nitrogens with zero attached hydrogens (tertiary/aromatic N) is 1. The van der Waals surface area contributed by atoms with Crippen LogP contribution in [0.15, 0.2) is 108 Å². The van der Waals surface area contributed by atoms with Crippen LogP contribution >= 0.6 is 0 Å². The molecule has 0 bridgehead atoms. The molecule has 4 rings (SSSR count). The lowest BCUT2D eigenvalue weighted by Gasteiger charge is -2.10. The molecule has 3 aromatic carbocycles. The van der Waals surface area contributed by atoms with Crippen molar-refractivity contribution in [2.24, 2.45) is 0 Å². The predicted molar refractivity (Wildman–Crippen MR) is 117 cm³/mol. The Bertz CT molecular complexity index is 1260. The molecule has 1 aromatic heterocycles. The van der Waals surface area contributed by atoms with Crippen molar-refractivity contribution in [3.05, 3.63) is 115 Å². The number of carbonyl (C=O) groups excluding carboxylic acids is 1. The van der Waals surface area contributed by atoms with Crippen LogP contribution < -0.4 is 5.32 Å². The van der Waals surface area contributed by atoms with E-state index in [1.807, 2.05) is 53.4 Å². The Morgan fingerprint density at radius 3 is 2.30 bits per heavy atom. The van der Waals surface area contributed by atoms with Crippen molar-refractivity contribution in [1.82, 2.24) is 4.57 Å². The summed E-state index contributed by atoms with van der Waals surface area (Å²) in [6.07, 6.45) is 3.84. The van der Waals surface area contributed by atoms with E-state index in [0.717, 1.165) is 5.69 Å². The molecule has 150 valence electrons. The van der Waals surface area contributed by atoms with Gasteiger partial charge in [0.25, 0.3) is 5.91 Å². The lowest BCUT2D eigenvalue weighted by Crippen LogP contribution is -2.13. The van der Waals surface area contributed by atoms with Gasteiger partial charge in [0.1, 0.15) is 0 Å². The Hall–Kier alpha value is -3.64. The maximum absolute atomic E-state index is 12.8. The molecule has 4 aromatic rings. The molecule has 5 nitrogen and oxygen atoms in total. The summed E-state index contributed by atoms with van der Waals surface area (Å²) in [4.78, 5) is 12.9. The third kappa shape index (κ3) is 4.50. The zero-order valence-corrected chi connectivity index (χ0v) is 16.9. The van der Waals surface area contributed by atoms with Crippen LogP contribution in [0.4, 0.5) is 5.69 Å². The zero-order valence-electron chi connectivity index (χ0n) is 16.1. The van der Waals surface area contributed by atoms with Crippen molar-refractivity contribution in [3.63, 3.8) is 0 Å². The second-order valence-corrected chi connectivity index (χ2v) is 8.86. The molecule has 0 aliphatic carbocycles. The van der Waals surface area contributed by atoms with Crippen molar-refractivity contribution in [3.8, 4) is 5.69 Å². The zero-order chi connectivity index (χ0) is 21.0. The number of carbonyl (C=O) groups is 1. The Labute approximate surface area is 175 Å². The maximum atomic E-state index is 12.8. The number of hydrogen-bond donors (Lipinski definition) is 1. The number of aromatic nitrogens is 1. The highest BCUT2D eigenvalue weighted by Gasteiger charge is 2.17. The molecule has 0 radical (unpaired) electrons. The fourth-order valence-corrected chi connectivity index (χ4v) is 4.55. The van der Waals surface area contributed by atoms with E-state index in [1.54, 1.807) is 42.5 Å². The van der Waals surface area contributed by atoms with Crippen LogP contribution in [0.5, 0.6) is 0 Å². The molecular formula is C24H20N2O3S. The summed E-state index contributed by atoms with van der Waals surface area (Å²) in [7, 11) is -3.56. The van der Waals surface area contributed by atoms with Crippen LogP contribution in [0, 0.1) is 0 Å². The first kappa shape index (κ1) is 19.7. The minimum absolute atomic E-state index is 0.113. The monoisotopic (exact) mass is 416 g/mol. The van der Waals surface area contributed by atoms with Gasteiger partial charge in [-0.2, -0.15) is 0 Å². The van der Waals surface area contributed by atoms with E-state index in [4.69, 9.17) is 0 Å². The minimum Gasteiger partial charge on any atom is -0.324 e. The number of sulfone groups is 1. The molecule has 1 N–H and O–H groups in total. The molecular weight excluding hydrogens is 396 g/mol. The molecule has 6 heteroatoms. The third-order valence-corrected chi connectivity index (χ3v) is 6.35. The summed E-state index contributed by atoms with van der Waals surface area (Å²) in [5.74, 6) is -0.478. The number of amides is 1. The van der Waals surface area contributed by atoms with Gasteiger partial charge in [-0.15, -0.1) is 0 Å². The highest BCUT2D eigenvalue weighted by atomic mass is 32.2. The van der Waals surface area contributed by atoms with Crippen LogP contribution in [0.1, 0.15) is 15.9 Å². The first-order valence-electron chi connectivity index (χ1n) is 9.43. The predicted octanol–water partition coefficient (Wildman–Crippen LogP) is 4.70. The fraction of sp³-hybridized carbons (Fsp3) is 0.0417. The minimum atomic E-state index is -3.56. The second-order valence-electron chi connectivity index (χ2n) is 6.87. The maximum Gasteiger partial charge on any atom is 0.255 e. The Morgan fingerprint density at radius 1 is 0.800 bits per heavy atom. The van der Waals surface area contributed by atoms with E-state index >= 15 is 0 Å². The lowest BCUT2D eigenvalue weighted by molar-refractivity contribution is 0.102. The number of rotatable bonds is 6. The van der Waals surface area contributed by atoms with Crippen LogP contribution in [-0.2, 0) is 15.6 Å². The first-order valence-corrected chi connectivity index (χ1v) is 11.1. The van der Waals surface area contributed by atoms with Gasteiger partial charge in [0.05, 0.1) is 10.6 Å². The number of nitrogens with one attached hydrogen (secondary N) is 1. The number of hydrogen-bond acceptors (Lipinski definition) is 3. The first-order chi connectivity index (χ1) is 14.5. The molecule has 0 spiro atoms. The topological polar surface area (TPSA) is 68.2 Å². The Kier molecular flexibility index (Phi) is 5.50. The summed E-state index contributed by atoms with van der Waals surface area (Å²) in [5.41, 5.74) is 2.53. The SMILES string of the molecule is O=C(Nc1cccc(-n2cccc2)c1)c1cccc(S(=O)(=O)Cc2ccccc2)c1. The van der Waals surface area contributed by atoms with Gasteiger partial charge in [-0.1, -0.05) is 42.5 Å². The molecule has 0 unspecified atom stereocenters. The summed E-state index contributed by atoms with van der Waals surface area (Å²) in [5, 5.41) is 2.84. The summed E-state index contributed by atoms with van der Waals surface area (Å²) >= 11 is 0.